The second-order valence-corrected chi connectivity index (χ2v) is 6.98. The van der Waals surface area contributed by atoms with Crippen LogP contribution < -0.4 is 15.0 Å². The molecular weight excluding hydrogens is 378 g/mol. The standard InChI is InChI=1S/C19H19N5O3S/c1-4-27-15-6-5-12(7-16(15)26-3)18-22-13(10-28-18)9-24-11-20-17-14(19(24)25)8-21-23(17)2/h5-8,10-11H,4,9H2,1-3H3. The molecule has 0 radical (unpaired) electrons. The van der Waals surface area contributed by atoms with E-state index < -0.39 is 0 Å². The number of rotatable bonds is 6. The highest BCUT2D eigenvalue weighted by Gasteiger charge is 2.12. The smallest absolute Gasteiger partial charge is 0.264 e. The van der Waals surface area contributed by atoms with Gasteiger partial charge in [0.25, 0.3) is 5.56 Å². The van der Waals surface area contributed by atoms with Crippen LogP contribution in [0.2, 0.25) is 0 Å². The molecule has 0 atom stereocenters. The van der Waals surface area contributed by atoms with E-state index in [9.17, 15) is 4.79 Å². The Morgan fingerprint density at radius 3 is 2.89 bits per heavy atom. The number of methoxy groups -OCH3 is 1. The number of nitrogens with zero attached hydrogens (tertiary/aromatic N) is 5. The van der Waals surface area contributed by atoms with Crippen LogP contribution in [0, 0.1) is 0 Å². The SMILES string of the molecule is CCOc1ccc(-c2nc(Cn3cnc4c(cnn4C)c3=O)cs2)cc1OC. The van der Waals surface area contributed by atoms with Crippen molar-refractivity contribution >= 4 is 22.4 Å². The second kappa shape index (κ2) is 7.43. The lowest BCUT2D eigenvalue weighted by atomic mass is 10.2. The summed E-state index contributed by atoms with van der Waals surface area (Å²) in [4.78, 5) is 21.6. The average Bonchev–Trinajstić information content (AvgIpc) is 3.32. The summed E-state index contributed by atoms with van der Waals surface area (Å²) in [5.74, 6) is 1.37. The fraction of sp³-hybridized carbons (Fsp3) is 0.263. The summed E-state index contributed by atoms with van der Waals surface area (Å²) >= 11 is 1.51. The van der Waals surface area contributed by atoms with Crippen molar-refractivity contribution < 1.29 is 9.47 Å². The molecule has 3 aromatic heterocycles. The Morgan fingerprint density at radius 2 is 2.11 bits per heavy atom. The molecule has 0 spiro atoms. The number of aryl methyl sites for hydroxylation is 1. The molecule has 0 unspecified atom stereocenters. The Hall–Kier alpha value is -3.20. The van der Waals surface area contributed by atoms with Gasteiger partial charge in [-0.2, -0.15) is 5.10 Å². The normalized spacial score (nSPS) is 11.1. The van der Waals surface area contributed by atoms with Crippen molar-refractivity contribution in [2.45, 2.75) is 13.5 Å². The minimum atomic E-state index is -0.129. The highest BCUT2D eigenvalue weighted by molar-refractivity contribution is 7.13. The first-order valence-electron chi connectivity index (χ1n) is 8.73. The first-order valence-corrected chi connectivity index (χ1v) is 9.61. The molecule has 0 N–H and O–H groups in total. The maximum absolute atomic E-state index is 12.6. The Kier molecular flexibility index (Phi) is 4.82. The van der Waals surface area contributed by atoms with E-state index in [0.717, 1.165) is 16.3 Å². The molecule has 9 heteroatoms. The van der Waals surface area contributed by atoms with Crippen LogP contribution in [0.4, 0.5) is 0 Å². The highest BCUT2D eigenvalue weighted by Crippen LogP contribution is 2.33. The second-order valence-electron chi connectivity index (χ2n) is 6.13. The molecule has 0 amide bonds. The van der Waals surface area contributed by atoms with E-state index in [1.54, 1.807) is 29.6 Å². The first kappa shape index (κ1) is 18.2. The molecule has 0 bridgehead atoms. The summed E-state index contributed by atoms with van der Waals surface area (Å²) in [5.41, 5.74) is 2.17. The van der Waals surface area contributed by atoms with E-state index in [0.29, 0.717) is 35.7 Å². The van der Waals surface area contributed by atoms with Gasteiger partial charge in [0.05, 0.1) is 32.2 Å². The topological polar surface area (TPSA) is 84.1 Å². The van der Waals surface area contributed by atoms with Crippen LogP contribution in [0.15, 0.2) is 40.9 Å². The molecule has 0 aliphatic heterocycles. The third-order valence-electron chi connectivity index (χ3n) is 4.31. The van der Waals surface area contributed by atoms with Crippen LogP contribution >= 0.6 is 11.3 Å². The summed E-state index contributed by atoms with van der Waals surface area (Å²) in [6, 6.07) is 5.73. The molecule has 144 valence electrons. The molecule has 0 aliphatic rings. The van der Waals surface area contributed by atoms with E-state index in [1.807, 2.05) is 30.5 Å². The number of aromatic nitrogens is 5. The van der Waals surface area contributed by atoms with Crippen molar-refractivity contribution in [3.05, 3.63) is 52.2 Å². The van der Waals surface area contributed by atoms with Gasteiger partial charge in [-0.05, 0) is 25.1 Å². The lowest BCUT2D eigenvalue weighted by Crippen LogP contribution is -2.21. The number of benzene rings is 1. The predicted molar refractivity (Wildman–Crippen MR) is 107 cm³/mol. The molecule has 0 saturated carbocycles. The fourth-order valence-corrected chi connectivity index (χ4v) is 3.75. The number of hydrogen-bond acceptors (Lipinski definition) is 7. The molecule has 1 aromatic carbocycles. The van der Waals surface area contributed by atoms with Crippen molar-refractivity contribution in [1.82, 2.24) is 24.3 Å². The quantitative estimate of drug-likeness (QED) is 0.497. The van der Waals surface area contributed by atoms with Crippen LogP contribution in [-0.2, 0) is 13.6 Å². The van der Waals surface area contributed by atoms with Gasteiger partial charge in [0, 0.05) is 18.0 Å². The van der Waals surface area contributed by atoms with E-state index in [-0.39, 0.29) is 5.56 Å². The summed E-state index contributed by atoms with van der Waals surface area (Å²) in [7, 11) is 3.37. The zero-order valence-corrected chi connectivity index (χ0v) is 16.6. The van der Waals surface area contributed by atoms with E-state index >= 15 is 0 Å². The minimum Gasteiger partial charge on any atom is -0.493 e. The van der Waals surface area contributed by atoms with Crippen LogP contribution in [0.5, 0.6) is 11.5 Å². The lowest BCUT2D eigenvalue weighted by Gasteiger charge is -2.10. The van der Waals surface area contributed by atoms with Crippen LogP contribution in [0.25, 0.3) is 21.6 Å². The third kappa shape index (κ3) is 3.24. The number of ether oxygens (including phenoxy) is 2. The zero-order chi connectivity index (χ0) is 19.7. The fourth-order valence-electron chi connectivity index (χ4n) is 2.94. The van der Waals surface area contributed by atoms with Gasteiger partial charge in [-0.3, -0.25) is 14.0 Å². The van der Waals surface area contributed by atoms with Gasteiger partial charge in [-0.15, -0.1) is 11.3 Å². The Labute approximate surface area is 165 Å². The van der Waals surface area contributed by atoms with Crippen LogP contribution in [0.3, 0.4) is 0 Å². The zero-order valence-electron chi connectivity index (χ0n) is 15.7. The van der Waals surface area contributed by atoms with E-state index in [1.165, 1.54) is 17.7 Å². The Balaban J connectivity index is 1.62. The molecule has 8 nitrogen and oxygen atoms in total. The number of hydrogen-bond donors (Lipinski definition) is 0. The summed E-state index contributed by atoms with van der Waals surface area (Å²) in [5, 5.41) is 7.38. The first-order chi connectivity index (χ1) is 13.6. The third-order valence-corrected chi connectivity index (χ3v) is 5.25. The molecule has 0 saturated heterocycles. The minimum absolute atomic E-state index is 0.129. The Morgan fingerprint density at radius 1 is 1.25 bits per heavy atom. The monoisotopic (exact) mass is 397 g/mol. The Bertz CT molecular complexity index is 1190. The maximum atomic E-state index is 12.6. The largest absolute Gasteiger partial charge is 0.493 e. The van der Waals surface area contributed by atoms with Crippen LogP contribution in [-0.4, -0.2) is 38.0 Å². The van der Waals surface area contributed by atoms with Crippen molar-refractivity contribution in [3.63, 3.8) is 0 Å². The van der Waals surface area contributed by atoms with Gasteiger partial charge < -0.3 is 9.47 Å². The molecule has 3 heterocycles. The maximum Gasteiger partial charge on any atom is 0.264 e. The number of fused-ring (bicyclic) bond motifs is 1. The lowest BCUT2D eigenvalue weighted by molar-refractivity contribution is 0.311. The highest BCUT2D eigenvalue weighted by atomic mass is 32.1. The van der Waals surface area contributed by atoms with Crippen molar-refractivity contribution in [1.29, 1.82) is 0 Å². The van der Waals surface area contributed by atoms with Crippen molar-refractivity contribution in [3.8, 4) is 22.1 Å². The molecular formula is C19H19N5O3S. The summed E-state index contributed by atoms with van der Waals surface area (Å²) in [6.45, 7) is 2.85. The van der Waals surface area contributed by atoms with Gasteiger partial charge in [-0.1, -0.05) is 0 Å². The van der Waals surface area contributed by atoms with Crippen molar-refractivity contribution in [2.75, 3.05) is 13.7 Å². The predicted octanol–water partition coefficient (Wildman–Crippen LogP) is 2.71. The van der Waals surface area contributed by atoms with Gasteiger partial charge in [0.15, 0.2) is 17.1 Å². The molecule has 4 rings (SSSR count). The molecule has 0 aliphatic carbocycles. The van der Waals surface area contributed by atoms with E-state index in [4.69, 9.17) is 9.47 Å². The van der Waals surface area contributed by atoms with Gasteiger partial charge in [-0.25, -0.2) is 9.97 Å². The number of thiazole rings is 1. The van der Waals surface area contributed by atoms with Crippen LogP contribution in [0.1, 0.15) is 12.6 Å². The van der Waals surface area contributed by atoms with Crippen molar-refractivity contribution in [2.24, 2.45) is 7.05 Å². The summed E-state index contributed by atoms with van der Waals surface area (Å²) < 4.78 is 14.1. The van der Waals surface area contributed by atoms with Gasteiger partial charge in [0.1, 0.15) is 16.7 Å². The summed E-state index contributed by atoms with van der Waals surface area (Å²) in [6.07, 6.45) is 3.07. The molecule has 4 aromatic rings. The van der Waals surface area contributed by atoms with Gasteiger partial charge in [0.2, 0.25) is 0 Å². The van der Waals surface area contributed by atoms with E-state index in [2.05, 4.69) is 15.1 Å². The van der Waals surface area contributed by atoms with Gasteiger partial charge >= 0.3 is 0 Å². The average molecular weight is 397 g/mol. The molecule has 0 fully saturated rings. The molecule has 28 heavy (non-hydrogen) atoms.